The summed E-state index contributed by atoms with van der Waals surface area (Å²) >= 11 is 0. The van der Waals surface area contributed by atoms with Crippen molar-refractivity contribution in [1.29, 1.82) is 0 Å². The predicted molar refractivity (Wildman–Crippen MR) is 106 cm³/mol. The summed E-state index contributed by atoms with van der Waals surface area (Å²) in [5.41, 5.74) is 0. The molecule has 150 valence electrons. The molecule has 0 aliphatic heterocycles. The number of aliphatic hydroxyl groups excluding tert-OH is 2. The molecule has 0 spiro atoms. The summed E-state index contributed by atoms with van der Waals surface area (Å²) in [5.74, 6) is -1.37. The number of carbonyl (C=O) groups excluding carboxylic acids is 1. The van der Waals surface area contributed by atoms with Crippen molar-refractivity contribution < 1.29 is 24.9 Å². The number of carboxylic acid groups (broad SMARTS) is 1. The van der Waals surface area contributed by atoms with E-state index in [4.69, 9.17) is 5.11 Å². The van der Waals surface area contributed by atoms with Crippen LogP contribution in [0, 0.1) is 11.8 Å². The Hall–Kier alpha value is -1.98. The van der Waals surface area contributed by atoms with Gasteiger partial charge in [0, 0.05) is 24.7 Å². The van der Waals surface area contributed by atoms with Crippen molar-refractivity contribution in [3.05, 3.63) is 48.6 Å². The third-order valence-electron chi connectivity index (χ3n) is 4.60. The molecule has 0 heterocycles. The Morgan fingerprint density at radius 2 is 1.93 bits per heavy atom. The third-order valence-corrected chi connectivity index (χ3v) is 4.60. The molecular formula is C22H32O5. The minimum Gasteiger partial charge on any atom is -0.481 e. The second kappa shape index (κ2) is 13.2. The Balaban J connectivity index is 2.50. The van der Waals surface area contributed by atoms with Gasteiger partial charge in [-0.05, 0) is 32.1 Å². The van der Waals surface area contributed by atoms with Crippen LogP contribution >= 0.6 is 0 Å². The van der Waals surface area contributed by atoms with E-state index in [2.05, 4.69) is 19.1 Å². The highest BCUT2D eigenvalue weighted by Gasteiger charge is 2.39. The van der Waals surface area contributed by atoms with Gasteiger partial charge in [-0.3, -0.25) is 9.59 Å². The molecule has 5 heteroatoms. The molecule has 0 aromatic rings. The number of carbonyl (C=O) groups is 2. The molecule has 0 radical (unpaired) electrons. The van der Waals surface area contributed by atoms with Crippen LogP contribution in [-0.4, -0.2) is 39.3 Å². The average molecular weight is 376 g/mol. The molecule has 3 N–H and O–H groups in total. The Morgan fingerprint density at radius 1 is 1.19 bits per heavy atom. The summed E-state index contributed by atoms with van der Waals surface area (Å²) in [6.45, 7) is 2.08. The van der Waals surface area contributed by atoms with E-state index in [9.17, 15) is 19.8 Å². The maximum atomic E-state index is 12.1. The molecule has 0 bridgehead atoms. The van der Waals surface area contributed by atoms with Crippen LogP contribution in [0.3, 0.4) is 0 Å². The van der Waals surface area contributed by atoms with Gasteiger partial charge in [-0.1, -0.05) is 55.5 Å². The van der Waals surface area contributed by atoms with Gasteiger partial charge in [0.05, 0.1) is 12.2 Å². The van der Waals surface area contributed by atoms with Gasteiger partial charge < -0.3 is 15.3 Å². The first kappa shape index (κ1) is 23.1. The highest BCUT2D eigenvalue weighted by molar-refractivity contribution is 5.86. The fraction of sp³-hybridized carbons (Fsp3) is 0.545. The molecule has 0 aromatic heterocycles. The molecule has 4 atom stereocenters. The van der Waals surface area contributed by atoms with Gasteiger partial charge in [0.1, 0.15) is 5.78 Å². The topological polar surface area (TPSA) is 94.8 Å². The highest BCUT2D eigenvalue weighted by atomic mass is 16.4. The predicted octanol–water partition coefficient (Wildman–Crippen LogP) is 3.58. The smallest absolute Gasteiger partial charge is 0.303 e. The molecule has 1 saturated carbocycles. The fourth-order valence-electron chi connectivity index (χ4n) is 3.10. The third kappa shape index (κ3) is 9.50. The quantitative estimate of drug-likeness (QED) is 0.453. The second-order valence-electron chi connectivity index (χ2n) is 6.84. The van der Waals surface area contributed by atoms with E-state index in [0.717, 1.165) is 12.8 Å². The van der Waals surface area contributed by atoms with Gasteiger partial charge in [0.2, 0.25) is 0 Å². The van der Waals surface area contributed by atoms with Crippen LogP contribution in [0.2, 0.25) is 0 Å². The Kier molecular flexibility index (Phi) is 11.3. The van der Waals surface area contributed by atoms with E-state index in [-0.39, 0.29) is 30.5 Å². The lowest BCUT2D eigenvalue weighted by Gasteiger charge is -2.16. The van der Waals surface area contributed by atoms with Gasteiger partial charge >= 0.3 is 5.97 Å². The van der Waals surface area contributed by atoms with Crippen molar-refractivity contribution in [1.82, 2.24) is 0 Å². The first-order valence-electron chi connectivity index (χ1n) is 9.69. The van der Waals surface area contributed by atoms with Crippen LogP contribution in [-0.2, 0) is 9.59 Å². The number of hydrogen-bond acceptors (Lipinski definition) is 4. The molecule has 5 nitrogen and oxygen atoms in total. The molecule has 1 fully saturated rings. The standard InChI is InChI=1S/C22H32O5/c1-2-3-4-5-6-9-12-18-19(21(25)16-20(18)24)15-14-17(23)11-8-7-10-13-22(26)27/h3-4,6-9,14-15,17-20,23-24H,2,5,10-13,16H2,1H3,(H,26,27)/b4-3-,8-7-,9-6-,15-14+/t17-,18+,19+,20+/m1/s1. The van der Waals surface area contributed by atoms with E-state index >= 15 is 0 Å². The zero-order chi connectivity index (χ0) is 20.1. The molecule has 1 rings (SSSR count). The number of allylic oxidation sites excluding steroid dienone is 6. The first-order chi connectivity index (χ1) is 13.0. The molecule has 1 aliphatic carbocycles. The molecule has 0 saturated heterocycles. The van der Waals surface area contributed by atoms with Crippen LogP contribution in [0.4, 0.5) is 0 Å². The maximum Gasteiger partial charge on any atom is 0.303 e. The average Bonchev–Trinajstić information content (AvgIpc) is 2.88. The molecule has 1 aliphatic rings. The zero-order valence-corrected chi connectivity index (χ0v) is 16.0. The van der Waals surface area contributed by atoms with Crippen LogP contribution in [0.25, 0.3) is 0 Å². The van der Waals surface area contributed by atoms with E-state index in [1.165, 1.54) is 0 Å². The van der Waals surface area contributed by atoms with Crippen LogP contribution in [0.15, 0.2) is 48.6 Å². The Morgan fingerprint density at radius 3 is 2.63 bits per heavy atom. The van der Waals surface area contributed by atoms with Gasteiger partial charge in [-0.2, -0.15) is 0 Å². The van der Waals surface area contributed by atoms with Gasteiger partial charge in [0.15, 0.2) is 0 Å². The first-order valence-corrected chi connectivity index (χ1v) is 9.69. The fourth-order valence-corrected chi connectivity index (χ4v) is 3.10. The van der Waals surface area contributed by atoms with Crippen LogP contribution < -0.4 is 0 Å². The van der Waals surface area contributed by atoms with Crippen molar-refractivity contribution in [2.24, 2.45) is 11.8 Å². The lowest BCUT2D eigenvalue weighted by molar-refractivity contribution is -0.136. The lowest BCUT2D eigenvalue weighted by Crippen LogP contribution is -2.19. The zero-order valence-electron chi connectivity index (χ0n) is 16.0. The highest BCUT2D eigenvalue weighted by Crippen LogP contribution is 2.33. The van der Waals surface area contributed by atoms with Crippen LogP contribution in [0.1, 0.15) is 51.9 Å². The molecule has 0 aromatic carbocycles. The normalized spacial score (nSPS) is 24.9. The van der Waals surface area contributed by atoms with E-state index in [1.54, 1.807) is 24.3 Å². The van der Waals surface area contributed by atoms with Gasteiger partial charge in [0.25, 0.3) is 0 Å². The number of rotatable bonds is 12. The molecule has 0 unspecified atom stereocenters. The number of hydrogen-bond donors (Lipinski definition) is 3. The summed E-state index contributed by atoms with van der Waals surface area (Å²) in [5, 5.41) is 28.7. The lowest BCUT2D eigenvalue weighted by atomic mass is 9.90. The summed E-state index contributed by atoms with van der Waals surface area (Å²) in [6, 6.07) is 0. The second-order valence-corrected chi connectivity index (χ2v) is 6.84. The Labute approximate surface area is 161 Å². The molecule has 0 amide bonds. The minimum absolute atomic E-state index is 0.00669. The number of ketones is 1. The maximum absolute atomic E-state index is 12.1. The summed E-state index contributed by atoms with van der Waals surface area (Å²) < 4.78 is 0. The minimum atomic E-state index is -0.847. The summed E-state index contributed by atoms with van der Waals surface area (Å²) in [4.78, 5) is 22.6. The Bertz CT molecular complexity index is 573. The largest absolute Gasteiger partial charge is 0.481 e. The van der Waals surface area contributed by atoms with Crippen molar-refractivity contribution >= 4 is 11.8 Å². The summed E-state index contributed by atoms with van der Waals surface area (Å²) in [6.07, 6.45) is 17.2. The molecule has 27 heavy (non-hydrogen) atoms. The monoisotopic (exact) mass is 376 g/mol. The van der Waals surface area contributed by atoms with Gasteiger partial charge in [-0.15, -0.1) is 0 Å². The van der Waals surface area contributed by atoms with E-state index in [1.807, 2.05) is 12.2 Å². The molecular weight excluding hydrogens is 344 g/mol. The summed E-state index contributed by atoms with van der Waals surface area (Å²) in [7, 11) is 0. The number of aliphatic carboxylic acids is 1. The van der Waals surface area contributed by atoms with Crippen molar-refractivity contribution in [2.75, 3.05) is 0 Å². The number of Topliss-reactive ketones (excluding diaryl/α,β-unsaturated/α-hetero) is 1. The van der Waals surface area contributed by atoms with Gasteiger partial charge in [-0.25, -0.2) is 0 Å². The number of carboxylic acids is 1. The van der Waals surface area contributed by atoms with E-state index in [0.29, 0.717) is 19.3 Å². The van der Waals surface area contributed by atoms with Crippen molar-refractivity contribution in [3.8, 4) is 0 Å². The van der Waals surface area contributed by atoms with Crippen molar-refractivity contribution in [2.45, 2.75) is 64.1 Å². The SMILES string of the molecule is CC/C=C\C/C=C\C[C@H]1[C@H](/C=C/[C@H](O)C/C=C\CCC(=O)O)C(=O)C[C@@H]1O. The van der Waals surface area contributed by atoms with Crippen molar-refractivity contribution in [3.63, 3.8) is 0 Å². The number of aliphatic hydroxyl groups is 2. The van der Waals surface area contributed by atoms with E-state index < -0.39 is 18.2 Å². The van der Waals surface area contributed by atoms with Crippen LogP contribution in [0.5, 0.6) is 0 Å².